The van der Waals surface area contributed by atoms with E-state index in [1.54, 1.807) is 6.92 Å². The third-order valence-electron chi connectivity index (χ3n) is 3.93. The van der Waals surface area contributed by atoms with Gasteiger partial charge in [-0.1, -0.05) is 18.9 Å². The Labute approximate surface area is 110 Å². The van der Waals surface area contributed by atoms with Gasteiger partial charge in [0.2, 0.25) is 0 Å². The minimum Gasteiger partial charge on any atom is -0.319 e. The number of carbonyl (C=O) groups excluding carboxylic acids is 2. The van der Waals surface area contributed by atoms with Gasteiger partial charge in [-0.05, 0) is 31.2 Å². The molecule has 2 aliphatic rings. The molecule has 1 atom stereocenters. The predicted octanol–water partition coefficient (Wildman–Crippen LogP) is 2.46. The van der Waals surface area contributed by atoms with E-state index >= 15 is 0 Å². The van der Waals surface area contributed by atoms with Crippen molar-refractivity contribution in [2.24, 2.45) is 0 Å². The van der Waals surface area contributed by atoms with Gasteiger partial charge < -0.3 is 5.32 Å². The lowest BCUT2D eigenvalue weighted by Gasteiger charge is -2.23. The fraction of sp³-hybridized carbons (Fsp3) is 0.538. The number of thiophene rings is 1. The lowest BCUT2D eigenvalue weighted by Crippen LogP contribution is -2.42. The summed E-state index contributed by atoms with van der Waals surface area (Å²) in [6.07, 6.45) is 4.11. The van der Waals surface area contributed by atoms with Crippen molar-refractivity contribution in [3.05, 3.63) is 22.4 Å². The van der Waals surface area contributed by atoms with Gasteiger partial charge in [-0.25, -0.2) is 4.79 Å². The molecule has 2 heterocycles. The average molecular weight is 264 g/mol. The first-order valence-corrected chi connectivity index (χ1v) is 7.20. The van der Waals surface area contributed by atoms with Crippen molar-refractivity contribution in [2.45, 2.75) is 44.2 Å². The number of rotatable bonds is 2. The van der Waals surface area contributed by atoms with Crippen molar-refractivity contribution in [2.75, 3.05) is 0 Å². The number of nitrogens with one attached hydrogen (secondary N) is 1. The molecule has 3 amide bonds. The van der Waals surface area contributed by atoms with E-state index in [0.29, 0.717) is 0 Å². The summed E-state index contributed by atoms with van der Waals surface area (Å²) in [7, 11) is 0. The maximum atomic E-state index is 12.6. The Morgan fingerprint density at radius 1 is 1.39 bits per heavy atom. The van der Waals surface area contributed by atoms with Gasteiger partial charge in [0.25, 0.3) is 5.91 Å². The van der Waals surface area contributed by atoms with E-state index in [0.717, 1.165) is 30.6 Å². The molecule has 1 N–H and O–H groups in total. The van der Waals surface area contributed by atoms with Crippen molar-refractivity contribution in [1.82, 2.24) is 10.2 Å². The summed E-state index contributed by atoms with van der Waals surface area (Å²) in [6.45, 7) is 1.80. The maximum Gasteiger partial charge on any atom is 0.325 e. The summed E-state index contributed by atoms with van der Waals surface area (Å²) in [4.78, 5) is 27.0. The highest BCUT2D eigenvalue weighted by Crippen LogP contribution is 2.35. The number of nitrogens with zero attached hydrogens (tertiary/aromatic N) is 1. The molecule has 96 valence electrons. The first-order valence-electron chi connectivity index (χ1n) is 6.33. The highest BCUT2D eigenvalue weighted by Gasteiger charge is 2.52. The van der Waals surface area contributed by atoms with Crippen molar-refractivity contribution < 1.29 is 9.59 Å². The molecule has 3 rings (SSSR count). The number of carbonyl (C=O) groups is 2. The third-order valence-corrected chi connectivity index (χ3v) is 5.02. The van der Waals surface area contributed by atoms with E-state index < -0.39 is 5.54 Å². The molecule has 0 unspecified atom stereocenters. The van der Waals surface area contributed by atoms with E-state index in [1.165, 1.54) is 16.2 Å². The van der Waals surface area contributed by atoms with Crippen LogP contribution in [0.15, 0.2) is 17.5 Å². The van der Waals surface area contributed by atoms with Crippen molar-refractivity contribution in [1.29, 1.82) is 0 Å². The molecular weight excluding hydrogens is 248 g/mol. The maximum absolute atomic E-state index is 12.6. The fourth-order valence-electron chi connectivity index (χ4n) is 2.88. The number of imide groups is 1. The molecule has 1 aromatic rings. The van der Waals surface area contributed by atoms with E-state index in [4.69, 9.17) is 0 Å². The van der Waals surface area contributed by atoms with Crippen LogP contribution in [0, 0.1) is 0 Å². The normalized spacial score (nSPS) is 29.1. The SMILES string of the molecule is C[C@]1(c2cccs2)NC(=O)N(C2CCCC2)C1=O. The summed E-state index contributed by atoms with van der Waals surface area (Å²) in [5.74, 6) is -0.0955. The Morgan fingerprint density at radius 3 is 2.72 bits per heavy atom. The van der Waals surface area contributed by atoms with Gasteiger partial charge in [-0.15, -0.1) is 11.3 Å². The molecule has 1 aromatic heterocycles. The standard InChI is InChI=1S/C13H16N2O2S/c1-13(10-7-4-8-18-10)11(16)15(12(17)14-13)9-5-2-3-6-9/h4,7-9H,2-3,5-6H2,1H3,(H,14,17)/t13-/m1/s1. The van der Waals surface area contributed by atoms with E-state index in [2.05, 4.69) is 5.32 Å². The van der Waals surface area contributed by atoms with Crippen LogP contribution >= 0.6 is 11.3 Å². The van der Waals surface area contributed by atoms with E-state index in [9.17, 15) is 9.59 Å². The smallest absolute Gasteiger partial charge is 0.319 e. The van der Waals surface area contributed by atoms with Crippen LogP contribution in [-0.2, 0) is 10.3 Å². The minimum absolute atomic E-state index is 0.0955. The molecule has 18 heavy (non-hydrogen) atoms. The second kappa shape index (κ2) is 4.09. The van der Waals surface area contributed by atoms with Crippen LogP contribution in [0.5, 0.6) is 0 Å². The zero-order chi connectivity index (χ0) is 12.8. The molecule has 1 aliphatic carbocycles. The Bertz CT molecular complexity index is 479. The molecule has 1 saturated carbocycles. The average Bonchev–Trinajstić information content (AvgIpc) is 3.03. The van der Waals surface area contributed by atoms with Gasteiger partial charge in [0.15, 0.2) is 5.54 Å². The molecule has 5 heteroatoms. The summed E-state index contributed by atoms with van der Waals surface area (Å²) < 4.78 is 0. The number of hydrogen-bond donors (Lipinski definition) is 1. The zero-order valence-corrected chi connectivity index (χ0v) is 11.1. The van der Waals surface area contributed by atoms with Crippen LogP contribution in [0.3, 0.4) is 0 Å². The van der Waals surface area contributed by atoms with Crippen LogP contribution < -0.4 is 5.32 Å². The van der Waals surface area contributed by atoms with Crippen LogP contribution in [0.2, 0.25) is 0 Å². The molecule has 0 aromatic carbocycles. The second-order valence-electron chi connectivity index (χ2n) is 5.15. The van der Waals surface area contributed by atoms with Crippen molar-refractivity contribution in [3.63, 3.8) is 0 Å². The number of urea groups is 1. The summed E-state index contributed by atoms with van der Waals surface area (Å²) in [5.41, 5.74) is -0.867. The first-order chi connectivity index (χ1) is 8.63. The molecule has 0 radical (unpaired) electrons. The van der Waals surface area contributed by atoms with Gasteiger partial charge >= 0.3 is 6.03 Å². The van der Waals surface area contributed by atoms with Crippen molar-refractivity contribution >= 4 is 23.3 Å². The van der Waals surface area contributed by atoms with Crippen LogP contribution in [-0.4, -0.2) is 22.9 Å². The number of hydrogen-bond acceptors (Lipinski definition) is 3. The largest absolute Gasteiger partial charge is 0.325 e. The Morgan fingerprint density at radius 2 is 2.11 bits per heavy atom. The topological polar surface area (TPSA) is 49.4 Å². The van der Waals surface area contributed by atoms with Gasteiger partial charge in [-0.2, -0.15) is 0 Å². The second-order valence-corrected chi connectivity index (χ2v) is 6.09. The van der Waals surface area contributed by atoms with E-state index in [-0.39, 0.29) is 18.0 Å². The highest BCUT2D eigenvalue weighted by molar-refractivity contribution is 7.10. The van der Waals surface area contributed by atoms with Gasteiger partial charge in [0.1, 0.15) is 0 Å². The molecule has 0 spiro atoms. The Balaban J connectivity index is 1.92. The summed E-state index contributed by atoms with van der Waals surface area (Å²) >= 11 is 1.51. The van der Waals surface area contributed by atoms with Crippen LogP contribution in [0.25, 0.3) is 0 Å². The zero-order valence-electron chi connectivity index (χ0n) is 10.3. The van der Waals surface area contributed by atoms with Gasteiger partial charge in [-0.3, -0.25) is 9.69 Å². The lowest BCUT2D eigenvalue weighted by atomic mass is 10.00. The van der Waals surface area contributed by atoms with Gasteiger partial charge in [0.05, 0.1) is 0 Å². The number of amides is 3. The molecule has 2 fully saturated rings. The summed E-state index contributed by atoms with van der Waals surface area (Å²) in [6, 6.07) is 3.67. The van der Waals surface area contributed by atoms with Crippen LogP contribution in [0.1, 0.15) is 37.5 Å². The van der Waals surface area contributed by atoms with Gasteiger partial charge in [0, 0.05) is 10.9 Å². The quantitative estimate of drug-likeness (QED) is 0.834. The molecule has 1 aliphatic heterocycles. The van der Waals surface area contributed by atoms with E-state index in [1.807, 2.05) is 17.5 Å². The molecule has 1 saturated heterocycles. The highest BCUT2D eigenvalue weighted by atomic mass is 32.1. The Hall–Kier alpha value is -1.36. The molecule has 4 nitrogen and oxygen atoms in total. The van der Waals surface area contributed by atoms with Crippen molar-refractivity contribution in [3.8, 4) is 0 Å². The predicted molar refractivity (Wildman–Crippen MR) is 69.3 cm³/mol. The molecule has 0 bridgehead atoms. The van der Waals surface area contributed by atoms with Crippen LogP contribution in [0.4, 0.5) is 4.79 Å². The minimum atomic E-state index is -0.867. The fourth-order valence-corrected chi connectivity index (χ4v) is 3.72. The first kappa shape index (κ1) is 11.7. The monoisotopic (exact) mass is 264 g/mol. The molecular formula is C13H16N2O2S. The summed E-state index contributed by atoms with van der Waals surface area (Å²) in [5, 5.41) is 4.79. The Kier molecular flexibility index (Phi) is 2.66. The lowest BCUT2D eigenvalue weighted by molar-refractivity contribution is -0.132. The third kappa shape index (κ3) is 1.57.